The Morgan fingerprint density at radius 1 is 0.288 bits per heavy atom. The van der Waals surface area contributed by atoms with Crippen LogP contribution in [0.5, 0.6) is 0 Å². The molecular weight excluding hydrogens is 715 g/mol. The summed E-state index contributed by atoms with van der Waals surface area (Å²) in [5.74, 6) is 0. The van der Waals surface area contributed by atoms with Crippen LogP contribution < -0.4 is 9.80 Å². The Morgan fingerprint density at radius 3 is 1.22 bits per heavy atom. The Hall–Kier alpha value is -7.62. The molecule has 1 aromatic heterocycles. The van der Waals surface area contributed by atoms with Gasteiger partial charge in [-0.15, -0.1) is 0 Å². The monoisotopic (exact) mass is 755 g/mol. The summed E-state index contributed by atoms with van der Waals surface area (Å²) >= 11 is 0. The fourth-order valence-electron chi connectivity index (χ4n) is 9.24. The number of hydrogen-bond acceptors (Lipinski definition) is 2. The van der Waals surface area contributed by atoms with E-state index in [0.29, 0.717) is 0 Å². The minimum Gasteiger partial charge on any atom is -0.341 e. The van der Waals surface area contributed by atoms with Crippen LogP contribution in [-0.4, -0.2) is 4.57 Å². The largest absolute Gasteiger partial charge is 0.341 e. The standard InChI is InChI=1S/C56H41N3/c1-2-57-55-30-18-17-29-50(55)54-37-52-49-32-31-39(35-51(49)47-27-15-16-28-48(47)53(52)38-56(54)57)40-33-45(58(41-19-7-3-8-20-41)42-21-9-4-10-22-42)36-46(34-40)59(43-23-11-5-12-24-43)44-25-13-6-14-26-44/h3-38H,2H2,1H3. The molecule has 59 heavy (non-hydrogen) atoms. The Labute approximate surface area is 344 Å². The summed E-state index contributed by atoms with van der Waals surface area (Å²) in [5, 5.41) is 10.2. The van der Waals surface area contributed by atoms with Crippen molar-refractivity contribution in [3.05, 3.63) is 218 Å². The number of benzene rings is 10. The molecule has 1 heterocycles. The van der Waals surface area contributed by atoms with Gasteiger partial charge in [0.2, 0.25) is 0 Å². The van der Waals surface area contributed by atoms with Gasteiger partial charge in [-0.2, -0.15) is 0 Å². The molecule has 0 atom stereocenters. The first-order chi connectivity index (χ1) is 29.2. The van der Waals surface area contributed by atoms with Gasteiger partial charge in [-0.1, -0.05) is 127 Å². The summed E-state index contributed by atoms with van der Waals surface area (Å²) in [4.78, 5) is 4.73. The highest BCUT2D eigenvalue weighted by atomic mass is 15.2. The van der Waals surface area contributed by atoms with E-state index in [4.69, 9.17) is 0 Å². The second-order valence-electron chi connectivity index (χ2n) is 15.2. The molecule has 0 amide bonds. The fraction of sp³-hybridized carbons (Fsp3) is 0.0357. The Balaban J connectivity index is 1.19. The van der Waals surface area contributed by atoms with Crippen molar-refractivity contribution >= 4 is 88.2 Å². The lowest BCUT2D eigenvalue weighted by Crippen LogP contribution is -2.13. The molecule has 0 radical (unpaired) electrons. The van der Waals surface area contributed by atoms with Gasteiger partial charge in [-0.05, 0) is 141 Å². The van der Waals surface area contributed by atoms with E-state index in [9.17, 15) is 0 Å². The van der Waals surface area contributed by atoms with Crippen LogP contribution in [0.4, 0.5) is 34.1 Å². The van der Waals surface area contributed by atoms with E-state index < -0.39 is 0 Å². The second-order valence-corrected chi connectivity index (χ2v) is 15.2. The van der Waals surface area contributed by atoms with Gasteiger partial charge in [0.1, 0.15) is 0 Å². The maximum Gasteiger partial charge on any atom is 0.0497 e. The van der Waals surface area contributed by atoms with E-state index in [1.807, 2.05) is 0 Å². The topological polar surface area (TPSA) is 11.4 Å². The highest BCUT2D eigenvalue weighted by Crippen LogP contribution is 2.45. The normalized spacial score (nSPS) is 11.5. The van der Waals surface area contributed by atoms with Gasteiger partial charge in [0.15, 0.2) is 0 Å². The molecule has 0 aliphatic heterocycles. The molecule has 0 spiro atoms. The van der Waals surface area contributed by atoms with Crippen LogP contribution in [0.15, 0.2) is 218 Å². The summed E-state index contributed by atoms with van der Waals surface area (Å²) in [5.41, 5.74) is 11.4. The smallest absolute Gasteiger partial charge is 0.0497 e. The highest BCUT2D eigenvalue weighted by Gasteiger charge is 2.20. The number of aromatic nitrogens is 1. The summed E-state index contributed by atoms with van der Waals surface area (Å²) in [7, 11) is 0. The minimum absolute atomic E-state index is 0.920. The van der Waals surface area contributed by atoms with E-state index in [1.54, 1.807) is 0 Å². The van der Waals surface area contributed by atoms with Gasteiger partial charge in [-0.25, -0.2) is 0 Å². The molecular formula is C56H41N3. The van der Waals surface area contributed by atoms with Crippen LogP contribution in [0.1, 0.15) is 6.92 Å². The lowest BCUT2D eigenvalue weighted by molar-refractivity contribution is 0.827. The lowest BCUT2D eigenvalue weighted by Gasteiger charge is -2.30. The molecule has 0 saturated heterocycles. The minimum atomic E-state index is 0.920. The summed E-state index contributed by atoms with van der Waals surface area (Å²) < 4.78 is 2.46. The molecule has 10 aromatic carbocycles. The maximum atomic E-state index is 2.46. The first-order valence-corrected chi connectivity index (χ1v) is 20.5. The van der Waals surface area contributed by atoms with Crippen molar-refractivity contribution in [2.75, 3.05) is 9.80 Å². The summed E-state index contributed by atoms with van der Waals surface area (Å²) in [6.07, 6.45) is 0. The molecule has 11 aromatic rings. The van der Waals surface area contributed by atoms with Gasteiger partial charge in [0, 0.05) is 62.5 Å². The number of nitrogens with zero attached hydrogens (tertiary/aromatic N) is 3. The van der Waals surface area contributed by atoms with Crippen molar-refractivity contribution in [2.45, 2.75) is 13.5 Å². The number of rotatable bonds is 8. The third-order valence-corrected chi connectivity index (χ3v) is 11.9. The third kappa shape index (κ3) is 5.90. The molecule has 3 heteroatoms. The molecule has 0 fully saturated rings. The zero-order chi connectivity index (χ0) is 39.3. The van der Waals surface area contributed by atoms with Crippen molar-refractivity contribution < 1.29 is 0 Å². The number of hydrogen-bond donors (Lipinski definition) is 0. The Kier molecular flexibility index (Phi) is 8.45. The van der Waals surface area contributed by atoms with E-state index in [0.717, 1.165) is 51.8 Å². The number of para-hydroxylation sites is 5. The average Bonchev–Trinajstić information content (AvgIpc) is 3.62. The maximum absolute atomic E-state index is 2.46. The number of anilines is 6. The number of fused-ring (bicyclic) bond motifs is 9. The van der Waals surface area contributed by atoms with Crippen LogP contribution in [-0.2, 0) is 6.54 Å². The second kappa shape index (κ2) is 14.4. The van der Waals surface area contributed by atoms with Crippen LogP contribution in [0.3, 0.4) is 0 Å². The number of aryl methyl sites for hydroxylation is 1. The average molecular weight is 756 g/mol. The fourth-order valence-corrected chi connectivity index (χ4v) is 9.24. The highest BCUT2D eigenvalue weighted by molar-refractivity contribution is 6.29. The summed E-state index contributed by atoms with van der Waals surface area (Å²) in [6.45, 7) is 3.16. The Bertz CT molecular complexity index is 3120. The SMILES string of the molecule is CCn1c2ccccc2c2cc3c4ccc(-c5cc(N(c6ccccc6)c6ccccc6)cc(N(c6ccccc6)c6ccccc6)c5)cc4c4ccccc4c3cc21. The lowest BCUT2D eigenvalue weighted by atomic mass is 9.91. The zero-order valence-electron chi connectivity index (χ0n) is 32.8. The first-order valence-electron chi connectivity index (χ1n) is 20.5. The van der Waals surface area contributed by atoms with Crippen LogP contribution in [0.25, 0.3) is 65.3 Å². The predicted octanol–water partition coefficient (Wildman–Crippen LogP) is 15.9. The van der Waals surface area contributed by atoms with Gasteiger partial charge in [0.05, 0.1) is 0 Å². The van der Waals surface area contributed by atoms with Gasteiger partial charge >= 0.3 is 0 Å². The van der Waals surface area contributed by atoms with E-state index >= 15 is 0 Å². The molecule has 280 valence electrons. The molecule has 0 saturated carbocycles. The molecule has 0 aliphatic carbocycles. The van der Waals surface area contributed by atoms with Crippen LogP contribution >= 0.6 is 0 Å². The molecule has 0 aliphatic rings. The molecule has 3 nitrogen and oxygen atoms in total. The Morgan fingerprint density at radius 2 is 0.712 bits per heavy atom. The van der Waals surface area contributed by atoms with E-state index in [2.05, 4.69) is 240 Å². The summed E-state index contributed by atoms with van der Waals surface area (Å²) in [6, 6.07) is 79.5. The molecule has 0 bridgehead atoms. The van der Waals surface area contributed by atoms with Crippen molar-refractivity contribution in [1.82, 2.24) is 4.57 Å². The quantitative estimate of drug-likeness (QED) is 0.143. The zero-order valence-corrected chi connectivity index (χ0v) is 32.8. The predicted molar refractivity (Wildman–Crippen MR) is 252 cm³/mol. The molecule has 0 unspecified atom stereocenters. The van der Waals surface area contributed by atoms with Crippen LogP contribution in [0.2, 0.25) is 0 Å². The molecule has 0 N–H and O–H groups in total. The van der Waals surface area contributed by atoms with E-state index in [-0.39, 0.29) is 0 Å². The van der Waals surface area contributed by atoms with Crippen molar-refractivity contribution in [3.63, 3.8) is 0 Å². The first kappa shape index (κ1) is 34.6. The van der Waals surface area contributed by atoms with Gasteiger partial charge in [-0.3, -0.25) is 0 Å². The molecule has 11 rings (SSSR count). The van der Waals surface area contributed by atoms with E-state index in [1.165, 1.54) is 54.1 Å². The third-order valence-electron chi connectivity index (χ3n) is 11.9. The van der Waals surface area contributed by atoms with Crippen molar-refractivity contribution in [3.8, 4) is 11.1 Å². The van der Waals surface area contributed by atoms with Gasteiger partial charge < -0.3 is 14.4 Å². The van der Waals surface area contributed by atoms with Crippen molar-refractivity contribution in [2.24, 2.45) is 0 Å². The van der Waals surface area contributed by atoms with Gasteiger partial charge in [0.25, 0.3) is 0 Å². The van der Waals surface area contributed by atoms with Crippen LogP contribution in [0, 0.1) is 0 Å². The van der Waals surface area contributed by atoms with Crippen molar-refractivity contribution in [1.29, 1.82) is 0 Å².